The lowest BCUT2D eigenvalue weighted by Gasteiger charge is -2.62. The maximum absolute atomic E-state index is 14.8. The van der Waals surface area contributed by atoms with Gasteiger partial charge in [0.2, 0.25) is 0 Å². The smallest absolute Gasteiger partial charge is 0.123 e. The van der Waals surface area contributed by atoms with E-state index in [4.69, 9.17) is 0 Å². The van der Waals surface area contributed by atoms with Crippen LogP contribution in [0.5, 0.6) is 23.0 Å². The molecule has 1 fully saturated rings. The first kappa shape index (κ1) is 27.4. The topological polar surface area (TPSA) is 134 Å². The highest BCUT2D eigenvalue weighted by atomic mass is 16.3. The summed E-state index contributed by atoms with van der Waals surface area (Å²) in [5.74, 6) is -2.38. The third-order valence-electron chi connectivity index (χ3n) is 10.8. The molecule has 4 N–H and O–H groups in total. The van der Waals surface area contributed by atoms with E-state index in [0.717, 1.165) is 59.2 Å². The van der Waals surface area contributed by atoms with Gasteiger partial charge in [-0.3, -0.25) is 0 Å². The summed E-state index contributed by atoms with van der Waals surface area (Å²) in [6, 6.07) is 17.3. The molecule has 1 aliphatic carbocycles. The van der Waals surface area contributed by atoms with Crippen molar-refractivity contribution in [1.29, 1.82) is 0 Å². The molecular weight excluding hydrogens is 580 g/mol. The summed E-state index contributed by atoms with van der Waals surface area (Å²) in [5, 5.41) is 79.7. The van der Waals surface area contributed by atoms with Crippen LogP contribution in [0.3, 0.4) is 0 Å². The molecule has 0 saturated heterocycles. The molecule has 0 amide bonds. The van der Waals surface area contributed by atoms with E-state index in [0.29, 0.717) is 43.4 Å². The SMILES string of the molecule is CN(C)c1c2cccc(O)c2c(C2C([O-])C(c3c4c(O)ccc5c4c4c6c(ccc(O)c36)CCN4CC5)C2[O-])c2c(O)cccc12. The zero-order valence-electron chi connectivity index (χ0n) is 25.4. The zero-order valence-corrected chi connectivity index (χ0v) is 25.4. The fourth-order valence-electron chi connectivity index (χ4n) is 8.98. The minimum atomic E-state index is -1.48. The van der Waals surface area contributed by atoms with Crippen LogP contribution in [-0.2, 0) is 12.8 Å². The van der Waals surface area contributed by atoms with Gasteiger partial charge in [0.1, 0.15) is 23.0 Å². The Morgan fingerprint density at radius 3 is 1.48 bits per heavy atom. The predicted octanol–water partition coefficient (Wildman–Crippen LogP) is 4.45. The van der Waals surface area contributed by atoms with Gasteiger partial charge in [-0.25, -0.2) is 0 Å². The Kier molecular flexibility index (Phi) is 5.55. The van der Waals surface area contributed by atoms with Crippen LogP contribution in [0.2, 0.25) is 0 Å². The van der Waals surface area contributed by atoms with Gasteiger partial charge in [-0.1, -0.05) is 36.4 Å². The third-order valence-corrected chi connectivity index (χ3v) is 10.8. The first-order valence-corrected chi connectivity index (χ1v) is 15.8. The Morgan fingerprint density at radius 1 is 0.587 bits per heavy atom. The standard InChI is InChI=1S/C38H32N2O6/c1-39(2)35-19-5-3-7-21(41)27(19)31(28-20(35)6-4-8-22(28)42)33-37(45)34(38(33)46)32-29-23(43)11-9-17-13-15-40-16-14-18-10-12-24(44)30(32)26(18)36(40)25(17)29/h3-12,33-34,37-38,41-44H,13-16H2,1-2H3/q-2. The number of aromatic hydroxyl groups is 4. The number of benzene rings is 6. The summed E-state index contributed by atoms with van der Waals surface area (Å²) in [7, 11) is 3.75. The van der Waals surface area contributed by atoms with Crippen LogP contribution >= 0.6 is 0 Å². The van der Waals surface area contributed by atoms with E-state index in [-0.39, 0.29) is 23.0 Å². The van der Waals surface area contributed by atoms with Crippen LogP contribution in [0.15, 0.2) is 60.7 Å². The van der Waals surface area contributed by atoms with Crippen molar-refractivity contribution in [3.05, 3.63) is 82.9 Å². The molecule has 2 unspecified atom stereocenters. The fourth-order valence-corrected chi connectivity index (χ4v) is 8.98. The molecular formula is C38H32N2O6-2. The van der Waals surface area contributed by atoms with Crippen molar-refractivity contribution in [1.82, 2.24) is 0 Å². The Hall–Kier alpha value is -4.92. The van der Waals surface area contributed by atoms with Crippen LogP contribution in [0.4, 0.5) is 11.4 Å². The quantitative estimate of drug-likeness (QED) is 0.216. The molecule has 8 heteroatoms. The fraction of sp³-hybridized carbons (Fsp3) is 0.263. The molecule has 3 aliphatic rings. The number of nitrogens with zero attached hydrogens (tertiary/aromatic N) is 2. The number of fused-ring (bicyclic) bond motifs is 2. The first-order valence-electron chi connectivity index (χ1n) is 15.8. The third kappa shape index (κ3) is 3.30. The molecule has 0 aromatic heterocycles. The van der Waals surface area contributed by atoms with Crippen LogP contribution in [0, 0.1) is 0 Å². The van der Waals surface area contributed by atoms with Crippen LogP contribution in [0.25, 0.3) is 43.1 Å². The lowest BCUT2D eigenvalue weighted by atomic mass is 9.60. The summed E-state index contributed by atoms with van der Waals surface area (Å²) in [6.07, 6.45) is -1.42. The highest BCUT2D eigenvalue weighted by Crippen LogP contribution is 2.59. The Morgan fingerprint density at radius 2 is 1.02 bits per heavy atom. The van der Waals surface area contributed by atoms with Gasteiger partial charge in [-0.2, -0.15) is 0 Å². The molecule has 2 aliphatic heterocycles. The van der Waals surface area contributed by atoms with Crippen molar-refractivity contribution < 1.29 is 30.6 Å². The average molecular weight is 613 g/mol. The van der Waals surface area contributed by atoms with E-state index in [9.17, 15) is 30.6 Å². The number of hydrogen-bond donors (Lipinski definition) is 4. The highest BCUT2D eigenvalue weighted by Gasteiger charge is 2.44. The van der Waals surface area contributed by atoms with Gasteiger partial charge in [0.05, 0.1) is 11.4 Å². The second kappa shape index (κ2) is 9.31. The summed E-state index contributed by atoms with van der Waals surface area (Å²) in [4.78, 5) is 4.19. The number of anilines is 2. The number of phenolic OH excluding ortho intramolecular Hbond substituents is 4. The maximum Gasteiger partial charge on any atom is 0.123 e. The Labute approximate surface area is 264 Å². The van der Waals surface area contributed by atoms with Gasteiger partial charge in [0.15, 0.2) is 0 Å². The van der Waals surface area contributed by atoms with Crippen molar-refractivity contribution in [2.24, 2.45) is 0 Å². The second-order valence-corrected chi connectivity index (χ2v) is 13.3. The average Bonchev–Trinajstić information content (AvgIpc) is 3.03. The van der Waals surface area contributed by atoms with E-state index >= 15 is 0 Å². The van der Waals surface area contributed by atoms with Gasteiger partial charge in [-0.05, 0) is 71.2 Å². The van der Waals surface area contributed by atoms with Crippen molar-refractivity contribution >= 4 is 54.5 Å². The maximum atomic E-state index is 14.8. The summed E-state index contributed by atoms with van der Waals surface area (Å²) < 4.78 is 0. The first-order chi connectivity index (χ1) is 22.2. The summed E-state index contributed by atoms with van der Waals surface area (Å²) in [6.45, 7) is 1.62. The van der Waals surface area contributed by atoms with Gasteiger partial charge in [0, 0.05) is 70.3 Å². The zero-order chi connectivity index (χ0) is 31.8. The predicted molar refractivity (Wildman–Crippen MR) is 177 cm³/mol. The minimum Gasteiger partial charge on any atom is -0.851 e. The molecule has 0 radical (unpaired) electrons. The number of hydrogen-bond acceptors (Lipinski definition) is 8. The normalized spacial score (nSPS) is 21.9. The van der Waals surface area contributed by atoms with E-state index in [1.54, 1.807) is 24.3 Å². The largest absolute Gasteiger partial charge is 0.851 e. The molecule has 1 saturated carbocycles. The molecule has 46 heavy (non-hydrogen) atoms. The van der Waals surface area contributed by atoms with Crippen molar-refractivity contribution in [2.45, 2.75) is 36.9 Å². The van der Waals surface area contributed by atoms with Gasteiger partial charge >= 0.3 is 0 Å². The molecule has 8 nitrogen and oxygen atoms in total. The van der Waals surface area contributed by atoms with E-state index in [1.165, 1.54) is 12.1 Å². The van der Waals surface area contributed by atoms with E-state index in [1.807, 2.05) is 43.3 Å². The van der Waals surface area contributed by atoms with Gasteiger partial charge < -0.3 is 40.4 Å². The summed E-state index contributed by atoms with van der Waals surface area (Å²) >= 11 is 0. The van der Waals surface area contributed by atoms with Crippen LogP contribution < -0.4 is 20.0 Å². The molecule has 6 aromatic rings. The monoisotopic (exact) mass is 612 g/mol. The lowest BCUT2D eigenvalue weighted by molar-refractivity contribution is -0.535. The van der Waals surface area contributed by atoms with E-state index < -0.39 is 24.0 Å². The highest BCUT2D eigenvalue weighted by molar-refractivity contribution is 6.21. The second-order valence-electron chi connectivity index (χ2n) is 13.3. The summed E-state index contributed by atoms with van der Waals surface area (Å²) in [5.41, 5.74) is 4.55. The molecule has 2 heterocycles. The molecule has 0 spiro atoms. The molecule has 2 atom stereocenters. The Balaban J connectivity index is 1.35. The van der Waals surface area contributed by atoms with Crippen molar-refractivity contribution in [3.63, 3.8) is 0 Å². The van der Waals surface area contributed by atoms with Gasteiger partial charge in [0.25, 0.3) is 0 Å². The lowest BCUT2D eigenvalue weighted by Crippen LogP contribution is -2.63. The van der Waals surface area contributed by atoms with Crippen molar-refractivity contribution in [3.8, 4) is 23.0 Å². The van der Waals surface area contributed by atoms with Gasteiger partial charge in [-0.15, -0.1) is 12.2 Å². The van der Waals surface area contributed by atoms with Crippen LogP contribution in [0.1, 0.15) is 34.1 Å². The molecule has 232 valence electrons. The van der Waals surface area contributed by atoms with E-state index in [2.05, 4.69) is 4.90 Å². The molecule has 9 rings (SSSR count). The Bertz CT molecular complexity index is 2170. The number of rotatable bonds is 3. The number of phenols is 4. The van der Waals surface area contributed by atoms with Crippen molar-refractivity contribution in [2.75, 3.05) is 37.0 Å². The molecule has 6 aromatic carbocycles. The van der Waals surface area contributed by atoms with Crippen LogP contribution in [-0.4, -0.2) is 59.8 Å². The minimum absolute atomic E-state index is 0.0199. The molecule has 0 bridgehead atoms.